The van der Waals surface area contributed by atoms with Gasteiger partial charge >= 0.3 is 0 Å². The van der Waals surface area contributed by atoms with Gasteiger partial charge in [0.15, 0.2) is 8.32 Å². The van der Waals surface area contributed by atoms with Gasteiger partial charge in [-0.05, 0) is 31.5 Å². The van der Waals surface area contributed by atoms with Gasteiger partial charge in [0.25, 0.3) is 0 Å². The molecule has 2 heteroatoms. The molecule has 0 fully saturated rings. The Kier molecular flexibility index (Phi) is 6.57. The van der Waals surface area contributed by atoms with Crippen molar-refractivity contribution in [2.75, 3.05) is 0 Å². The Bertz CT molecular complexity index is 213. The lowest BCUT2D eigenvalue weighted by Gasteiger charge is -2.37. The minimum Gasteiger partial charge on any atom is -0.411 e. The summed E-state index contributed by atoms with van der Waals surface area (Å²) < 4.78 is 6.23. The molecule has 0 spiro atoms. The van der Waals surface area contributed by atoms with Crippen molar-refractivity contribution in [2.24, 2.45) is 0 Å². The van der Waals surface area contributed by atoms with Gasteiger partial charge in [0.2, 0.25) is 0 Å². The Morgan fingerprint density at radius 1 is 1.25 bits per heavy atom. The minimum absolute atomic E-state index is 0.262. The summed E-state index contributed by atoms with van der Waals surface area (Å²) in [6.45, 7) is 15.9. The predicted molar refractivity (Wildman–Crippen MR) is 76.4 cm³/mol. The summed E-state index contributed by atoms with van der Waals surface area (Å²) in [5, 5.41) is 0.304. The fourth-order valence-electron chi connectivity index (χ4n) is 1.29. The van der Waals surface area contributed by atoms with Gasteiger partial charge in [0, 0.05) is 0 Å². The molecule has 1 atom stereocenters. The zero-order valence-electron chi connectivity index (χ0n) is 12.3. The molecule has 0 aromatic heterocycles. The average Bonchev–Trinajstić information content (AvgIpc) is 2.10. The van der Waals surface area contributed by atoms with Crippen LogP contribution in [0.2, 0.25) is 18.1 Å². The third-order valence-electron chi connectivity index (χ3n) is 3.42. The summed E-state index contributed by atoms with van der Waals surface area (Å²) in [6, 6.07) is 0. The van der Waals surface area contributed by atoms with Crippen molar-refractivity contribution in [3.8, 4) is 0 Å². The smallest absolute Gasteiger partial charge is 0.192 e. The van der Waals surface area contributed by atoms with E-state index in [2.05, 4.69) is 59.9 Å². The van der Waals surface area contributed by atoms with Crippen LogP contribution in [0.3, 0.4) is 0 Å². The van der Waals surface area contributed by atoms with Crippen LogP contribution in [0, 0.1) is 0 Å². The zero-order valence-corrected chi connectivity index (χ0v) is 13.3. The number of rotatable bonds is 6. The van der Waals surface area contributed by atoms with Gasteiger partial charge in [-0.25, -0.2) is 0 Å². The standard InChI is InChI=1S/C14H30OSi/c1-8-9-10-11-12-13(2)15-16(6,7)14(3,4)5/h11-13H,8-10H2,1-7H3/b12-11+/t13-/m1/s1. The van der Waals surface area contributed by atoms with Gasteiger partial charge in [-0.3, -0.25) is 0 Å². The van der Waals surface area contributed by atoms with Crippen LogP contribution in [-0.4, -0.2) is 14.4 Å². The maximum absolute atomic E-state index is 6.23. The summed E-state index contributed by atoms with van der Waals surface area (Å²) in [4.78, 5) is 0. The van der Waals surface area contributed by atoms with Crippen molar-refractivity contribution < 1.29 is 4.43 Å². The van der Waals surface area contributed by atoms with E-state index < -0.39 is 8.32 Å². The minimum atomic E-state index is -1.59. The van der Waals surface area contributed by atoms with Crippen LogP contribution in [0.15, 0.2) is 12.2 Å². The molecule has 0 saturated heterocycles. The molecule has 0 heterocycles. The Labute approximate surface area is 103 Å². The second-order valence-electron chi connectivity index (χ2n) is 6.15. The van der Waals surface area contributed by atoms with E-state index in [9.17, 15) is 0 Å². The van der Waals surface area contributed by atoms with Gasteiger partial charge in [-0.2, -0.15) is 0 Å². The summed E-state index contributed by atoms with van der Waals surface area (Å²) >= 11 is 0. The highest BCUT2D eigenvalue weighted by molar-refractivity contribution is 6.74. The monoisotopic (exact) mass is 242 g/mol. The van der Waals surface area contributed by atoms with Gasteiger partial charge in [0.05, 0.1) is 6.10 Å². The molecule has 0 aromatic carbocycles. The fourth-order valence-corrected chi connectivity index (χ4v) is 2.65. The van der Waals surface area contributed by atoms with E-state index in [1.807, 2.05) is 0 Å². The molecule has 0 saturated carbocycles. The van der Waals surface area contributed by atoms with Crippen LogP contribution in [0.5, 0.6) is 0 Å². The lowest BCUT2D eigenvalue weighted by molar-refractivity contribution is 0.243. The zero-order chi connectivity index (χ0) is 12.8. The van der Waals surface area contributed by atoms with Gasteiger partial charge in [-0.1, -0.05) is 52.7 Å². The van der Waals surface area contributed by atoms with Gasteiger partial charge < -0.3 is 4.43 Å². The molecule has 0 unspecified atom stereocenters. The van der Waals surface area contributed by atoms with E-state index in [1.165, 1.54) is 19.3 Å². The molecule has 0 radical (unpaired) electrons. The van der Waals surface area contributed by atoms with Crippen LogP contribution >= 0.6 is 0 Å². The largest absolute Gasteiger partial charge is 0.411 e. The maximum atomic E-state index is 6.23. The number of unbranched alkanes of at least 4 members (excludes halogenated alkanes) is 2. The van der Waals surface area contributed by atoms with E-state index >= 15 is 0 Å². The first-order valence-electron chi connectivity index (χ1n) is 6.55. The molecule has 0 amide bonds. The molecule has 0 bridgehead atoms. The van der Waals surface area contributed by atoms with E-state index in [1.54, 1.807) is 0 Å². The van der Waals surface area contributed by atoms with Crippen LogP contribution in [0.1, 0.15) is 53.9 Å². The maximum Gasteiger partial charge on any atom is 0.192 e. The predicted octanol–water partition coefficient (Wildman–Crippen LogP) is 5.14. The third kappa shape index (κ3) is 5.85. The van der Waals surface area contributed by atoms with E-state index in [0.717, 1.165) is 0 Å². The number of hydrogen-bond donors (Lipinski definition) is 0. The first kappa shape index (κ1) is 15.9. The molecule has 0 aliphatic heterocycles. The van der Waals surface area contributed by atoms with Crippen LogP contribution < -0.4 is 0 Å². The second kappa shape index (κ2) is 6.60. The van der Waals surface area contributed by atoms with E-state index in [4.69, 9.17) is 4.43 Å². The Morgan fingerprint density at radius 3 is 2.25 bits per heavy atom. The molecule has 96 valence electrons. The summed E-state index contributed by atoms with van der Waals surface area (Å²) in [7, 11) is -1.59. The molecule has 0 aliphatic carbocycles. The first-order valence-corrected chi connectivity index (χ1v) is 9.46. The van der Waals surface area contributed by atoms with E-state index in [-0.39, 0.29) is 6.10 Å². The lowest BCUT2D eigenvalue weighted by Crippen LogP contribution is -2.42. The second-order valence-corrected chi connectivity index (χ2v) is 10.9. The normalized spacial score (nSPS) is 15.7. The molecule has 0 rings (SSSR count). The SMILES string of the molecule is CCCC/C=C/[C@@H](C)O[Si](C)(C)C(C)(C)C. The van der Waals surface area contributed by atoms with E-state index in [0.29, 0.717) is 5.04 Å². The van der Waals surface area contributed by atoms with Crippen molar-refractivity contribution in [3.63, 3.8) is 0 Å². The van der Waals surface area contributed by atoms with Crippen molar-refractivity contribution >= 4 is 8.32 Å². The molecule has 0 aromatic rings. The third-order valence-corrected chi connectivity index (χ3v) is 7.99. The molecule has 16 heavy (non-hydrogen) atoms. The topological polar surface area (TPSA) is 9.23 Å². The van der Waals surface area contributed by atoms with Crippen molar-refractivity contribution in [1.29, 1.82) is 0 Å². The summed E-state index contributed by atoms with van der Waals surface area (Å²) in [6.07, 6.45) is 8.47. The Hall–Kier alpha value is -0.0831. The Balaban J connectivity index is 4.13. The van der Waals surface area contributed by atoms with Crippen LogP contribution in [-0.2, 0) is 4.43 Å². The average molecular weight is 242 g/mol. The highest BCUT2D eigenvalue weighted by Gasteiger charge is 2.37. The molecule has 0 aliphatic rings. The molecular formula is C14H30OSi. The molecular weight excluding hydrogens is 212 g/mol. The van der Waals surface area contributed by atoms with Gasteiger partial charge in [-0.15, -0.1) is 0 Å². The van der Waals surface area contributed by atoms with Crippen molar-refractivity contribution in [1.82, 2.24) is 0 Å². The fraction of sp³-hybridized carbons (Fsp3) is 0.857. The summed E-state index contributed by atoms with van der Waals surface area (Å²) in [5.74, 6) is 0. The highest BCUT2D eigenvalue weighted by Crippen LogP contribution is 2.37. The molecule has 1 nitrogen and oxygen atoms in total. The van der Waals surface area contributed by atoms with Crippen LogP contribution in [0.25, 0.3) is 0 Å². The number of hydrogen-bond acceptors (Lipinski definition) is 1. The number of allylic oxidation sites excluding steroid dienone is 1. The van der Waals surface area contributed by atoms with Crippen LogP contribution in [0.4, 0.5) is 0 Å². The lowest BCUT2D eigenvalue weighted by atomic mass is 10.2. The van der Waals surface area contributed by atoms with Gasteiger partial charge in [0.1, 0.15) is 0 Å². The molecule has 0 N–H and O–H groups in total. The quantitative estimate of drug-likeness (QED) is 0.356. The summed E-state index contributed by atoms with van der Waals surface area (Å²) in [5.41, 5.74) is 0. The Morgan fingerprint density at radius 2 is 1.81 bits per heavy atom. The van der Waals surface area contributed by atoms with Crippen molar-refractivity contribution in [3.05, 3.63) is 12.2 Å². The first-order chi connectivity index (χ1) is 7.20. The van der Waals surface area contributed by atoms with Crippen molar-refractivity contribution in [2.45, 2.75) is 78.1 Å². The highest BCUT2D eigenvalue weighted by atomic mass is 28.4.